The van der Waals surface area contributed by atoms with Crippen LogP contribution in [0.15, 0.2) is 47.6 Å². The highest BCUT2D eigenvalue weighted by Crippen LogP contribution is 2.28. The van der Waals surface area contributed by atoms with E-state index in [0.717, 1.165) is 17.5 Å². The van der Waals surface area contributed by atoms with Crippen LogP contribution in [0.25, 0.3) is 0 Å². The fraction of sp³-hybridized carbons (Fsp3) is 0.348. The van der Waals surface area contributed by atoms with Gasteiger partial charge in [-0.15, -0.1) is 0 Å². The number of aryl methyl sites for hydroxylation is 1. The summed E-state index contributed by atoms with van der Waals surface area (Å²) in [6.45, 7) is 7.05. The first-order valence-electron chi connectivity index (χ1n) is 10.1. The minimum absolute atomic E-state index is 0.0447. The van der Waals surface area contributed by atoms with E-state index >= 15 is 0 Å². The molecule has 30 heavy (non-hydrogen) atoms. The number of carbonyl (C=O) groups is 2. The first-order chi connectivity index (χ1) is 14.5. The first-order valence-corrected chi connectivity index (χ1v) is 10.1. The van der Waals surface area contributed by atoms with Gasteiger partial charge in [-0.25, -0.2) is 5.43 Å². The molecule has 160 valence electrons. The summed E-state index contributed by atoms with van der Waals surface area (Å²) in [7, 11) is 0. The lowest BCUT2D eigenvalue weighted by atomic mass is 10.2. The molecule has 7 heteroatoms. The lowest BCUT2D eigenvalue weighted by Gasteiger charge is -2.11. The van der Waals surface area contributed by atoms with Gasteiger partial charge in [0.1, 0.15) is 0 Å². The van der Waals surface area contributed by atoms with Gasteiger partial charge in [0.25, 0.3) is 0 Å². The lowest BCUT2D eigenvalue weighted by Crippen LogP contribution is -2.20. The Labute approximate surface area is 177 Å². The van der Waals surface area contributed by atoms with Gasteiger partial charge in [-0.05, 0) is 56.2 Å². The molecule has 0 aromatic heterocycles. The Morgan fingerprint density at radius 1 is 0.967 bits per heavy atom. The number of carbonyl (C=O) groups excluding carboxylic acids is 2. The van der Waals surface area contributed by atoms with E-state index in [-0.39, 0.29) is 24.7 Å². The predicted molar refractivity (Wildman–Crippen MR) is 118 cm³/mol. The van der Waals surface area contributed by atoms with Gasteiger partial charge in [0, 0.05) is 18.5 Å². The molecule has 2 aromatic rings. The number of rotatable bonds is 11. The summed E-state index contributed by atoms with van der Waals surface area (Å²) < 4.78 is 11.3. The molecule has 0 saturated carbocycles. The van der Waals surface area contributed by atoms with E-state index < -0.39 is 0 Å². The normalized spacial score (nSPS) is 10.6. The SMILES string of the molecule is CCCOc1ccc(C=NNC(=O)CCC(=O)Nc2ccc(C)cc2)cc1OCC. The minimum atomic E-state index is -0.335. The molecule has 0 bridgehead atoms. The maximum Gasteiger partial charge on any atom is 0.240 e. The van der Waals surface area contributed by atoms with E-state index in [1.165, 1.54) is 6.21 Å². The Balaban J connectivity index is 1.81. The van der Waals surface area contributed by atoms with E-state index in [1.54, 1.807) is 6.07 Å². The molecule has 0 spiro atoms. The van der Waals surface area contributed by atoms with E-state index in [1.807, 2.05) is 57.2 Å². The van der Waals surface area contributed by atoms with Crippen LogP contribution in [0.1, 0.15) is 44.2 Å². The Kier molecular flexibility index (Phi) is 9.37. The summed E-state index contributed by atoms with van der Waals surface area (Å²) in [6.07, 6.45) is 2.55. The summed E-state index contributed by atoms with van der Waals surface area (Å²) in [5.41, 5.74) is 5.02. The lowest BCUT2D eigenvalue weighted by molar-refractivity contribution is -0.124. The maximum atomic E-state index is 11.9. The van der Waals surface area contributed by atoms with Crippen molar-refractivity contribution in [1.82, 2.24) is 5.43 Å². The molecule has 2 aromatic carbocycles. The summed E-state index contributed by atoms with van der Waals surface area (Å²) in [4.78, 5) is 23.9. The molecule has 2 amide bonds. The highest BCUT2D eigenvalue weighted by Gasteiger charge is 2.08. The molecule has 0 fully saturated rings. The van der Waals surface area contributed by atoms with Gasteiger partial charge < -0.3 is 14.8 Å². The zero-order chi connectivity index (χ0) is 21.8. The van der Waals surface area contributed by atoms with Crippen LogP contribution in [0.5, 0.6) is 11.5 Å². The number of anilines is 1. The molecular formula is C23H29N3O4. The quantitative estimate of drug-likeness (QED) is 0.431. The molecule has 0 radical (unpaired) electrons. The second kappa shape index (κ2) is 12.3. The van der Waals surface area contributed by atoms with Crippen molar-refractivity contribution in [2.24, 2.45) is 5.10 Å². The molecule has 0 saturated heterocycles. The summed E-state index contributed by atoms with van der Waals surface area (Å²) in [6, 6.07) is 12.9. The highest BCUT2D eigenvalue weighted by molar-refractivity contribution is 5.93. The third kappa shape index (κ3) is 7.95. The van der Waals surface area contributed by atoms with Crippen molar-refractivity contribution in [2.75, 3.05) is 18.5 Å². The van der Waals surface area contributed by atoms with E-state index in [0.29, 0.717) is 30.4 Å². The fourth-order valence-corrected chi connectivity index (χ4v) is 2.53. The maximum absolute atomic E-state index is 11.9. The molecule has 0 atom stereocenters. The van der Waals surface area contributed by atoms with Gasteiger partial charge in [-0.2, -0.15) is 5.10 Å². The van der Waals surface area contributed by atoms with Gasteiger partial charge in [0.05, 0.1) is 19.4 Å². The van der Waals surface area contributed by atoms with Crippen molar-refractivity contribution < 1.29 is 19.1 Å². The van der Waals surface area contributed by atoms with Crippen LogP contribution in [0.2, 0.25) is 0 Å². The largest absolute Gasteiger partial charge is 0.490 e. The molecule has 2 rings (SSSR count). The van der Waals surface area contributed by atoms with Crippen molar-refractivity contribution in [1.29, 1.82) is 0 Å². The zero-order valence-electron chi connectivity index (χ0n) is 17.7. The van der Waals surface area contributed by atoms with Gasteiger partial charge in [-0.1, -0.05) is 24.6 Å². The number of hydrazone groups is 1. The molecule has 0 aliphatic heterocycles. The summed E-state index contributed by atoms with van der Waals surface area (Å²) >= 11 is 0. The van der Waals surface area contributed by atoms with Crippen LogP contribution >= 0.6 is 0 Å². The summed E-state index contributed by atoms with van der Waals surface area (Å²) in [5.74, 6) is 0.758. The first kappa shape index (κ1) is 22.9. The zero-order valence-corrected chi connectivity index (χ0v) is 17.7. The number of hydrogen-bond donors (Lipinski definition) is 2. The standard InChI is InChI=1S/C23H29N3O4/c1-4-14-30-20-11-8-18(15-21(20)29-5-2)16-24-26-23(28)13-12-22(27)25-19-9-6-17(3)7-10-19/h6-11,15-16H,4-5,12-14H2,1-3H3,(H,25,27)(H,26,28). The average molecular weight is 412 g/mol. The van der Waals surface area contributed by atoms with Crippen molar-refractivity contribution in [3.8, 4) is 11.5 Å². The van der Waals surface area contributed by atoms with Crippen LogP contribution < -0.4 is 20.2 Å². The van der Waals surface area contributed by atoms with Crippen LogP contribution in [-0.4, -0.2) is 31.2 Å². The Hall–Kier alpha value is -3.35. The Morgan fingerprint density at radius 3 is 2.40 bits per heavy atom. The van der Waals surface area contributed by atoms with Gasteiger partial charge >= 0.3 is 0 Å². The van der Waals surface area contributed by atoms with Crippen LogP contribution in [0.3, 0.4) is 0 Å². The number of nitrogens with zero attached hydrogens (tertiary/aromatic N) is 1. The average Bonchev–Trinajstić information content (AvgIpc) is 2.73. The van der Waals surface area contributed by atoms with Crippen molar-refractivity contribution in [3.05, 3.63) is 53.6 Å². The molecular weight excluding hydrogens is 382 g/mol. The number of amides is 2. The van der Waals surface area contributed by atoms with Crippen molar-refractivity contribution >= 4 is 23.7 Å². The van der Waals surface area contributed by atoms with E-state index in [9.17, 15) is 9.59 Å². The predicted octanol–water partition coefficient (Wildman–Crippen LogP) is 4.05. The molecule has 0 aliphatic carbocycles. The van der Waals surface area contributed by atoms with E-state index in [4.69, 9.17) is 9.47 Å². The van der Waals surface area contributed by atoms with Gasteiger partial charge in [-0.3, -0.25) is 9.59 Å². The van der Waals surface area contributed by atoms with Crippen LogP contribution in [-0.2, 0) is 9.59 Å². The van der Waals surface area contributed by atoms with Crippen molar-refractivity contribution in [3.63, 3.8) is 0 Å². The number of ether oxygens (including phenoxy) is 2. The second-order valence-corrected chi connectivity index (χ2v) is 6.70. The molecule has 0 heterocycles. The smallest absolute Gasteiger partial charge is 0.240 e. The van der Waals surface area contributed by atoms with Crippen LogP contribution in [0.4, 0.5) is 5.69 Å². The Morgan fingerprint density at radius 2 is 1.70 bits per heavy atom. The fourth-order valence-electron chi connectivity index (χ4n) is 2.53. The molecule has 0 unspecified atom stereocenters. The topological polar surface area (TPSA) is 89.0 Å². The molecule has 7 nitrogen and oxygen atoms in total. The van der Waals surface area contributed by atoms with Crippen molar-refractivity contribution in [2.45, 2.75) is 40.0 Å². The number of hydrogen-bond acceptors (Lipinski definition) is 5. The van der Waals surface area contributed by atoms with Gasteiger partial charge in [0.15, 0.2) is 11.5 Å². The molecule has 2 N–H and O–H groups in total. The number of nitrogens with one attached hydrogen (secondary N) is 2. The van der Waals surface area contributed by atoms with Gasteiger partial charge in [0.2, 0.25) is 11.8 Å². The monoisotopic (exact) mass is 411 g/mol. The Bertz CT molecular complexity index is 863. The minimum Gasteiger partial charge on any atom is -0.490 e. The summed E-state index contributed by atoms with van der Waals surface area (Å²) in [5, 5.41) is 6.71. The number of benzene rings is 2. The third-order valence-electron chi connectivity index (χ3n) is 4.05. The third-order valence-corrected chi connectivity index (χ3v) is 4.05. The second-order valence-electron chi connectivity index (χ2n) is 6.70. The molecule has 0 aliphatic rings. The van der Waals surface area contributed by atoms with Crippen LogP contribution in [0, 0.1) is 6.92 Å². The van der Waals surface area contributed by atoms with E-state index in [2.05, 4.69) is 15.8 Å². The highest BCUT2D eigenvalue weighted by atomic mass is 16.5.